The van der Waals surface area contributed by atoms with Crippen molar-refractivity contribution < 1.29 is 27.5 Å². The van der Waals surface area contributed by atoms with Gasteiger partial charge in [0.25, 0.3) is 11.8 Å². The highest BCUT2D eigenvalue weighted by Gasteiger charge is 2.33. The van der Waals surface area contributed by atoms with E-state index in [1.54, 1.807) is 24.9 Å². The van der Waals surface area contributed by atoms with Gasteiger partial charge in [-0.25, -0.2) is 15.0 Å². The van der Waals surface area contributed by atoms with Crippen molar-refractivity contribution in [3.8, 4) is 11.6 Å². The number of benzene rings is 1. The molecule has 2 fully saturated rings. The first-order chi connectivity index (χ1) is 17.6. The van der Waals surface area contributed by atoms with E-state index < -0.39 is 18.0 Å². The molecule has 0 atom stereocenters. The monoisotopic (exact) mass is 515 g/mol. The molecule has 0 aliphatic heterocycles. The molecule has 0 bridgehead atoms. The number of aryl methyl sites for hydroxylation is 1. The Balaban J connectivity index is 1.31. The lowest BCUT2D eigenvalue weighted by Gasteiger charge is -2.15. The summed E-state index contributed by atoms with van der Waals surface area (Å²) in [6.07, 6.45) is 1.54. The van der Waals surface area contributed by atoms with E-state index in [2.05, 4.69) is 30.1 Å². The molecule has 194 valence electrons. The molecule has 0 spiro atoms. The lowest BCUT2D eigenvalue weighted by molar-refractivity contribution is -0.274. The van der Waals surface area contributed by atoms with Crippen LogP contribution in [0.1, 0.15) is 69.7 Å². The fourth-order valence-corrected chi connectivity index (χ4v) is 3.97. The van der Waals surface area contributed by atoms with Gasteiger partial charge in [0, 0.05) is 18.7 Å². The predicted octanol–water partition coefficient (Wildman–Crippen LogP) is 3.31. The van der Waals surface area contributed by atoms with Crippen molar-refractivity contribution in [2.45, 2.75) is 57.5 Å². The van der Waals surface area contributed by atoms with E-state index in [0.717, 1.165) is 31.7 Å². The molecule has 2 aromatic heterocycles. The molecule has 10 nitrogen and oxygen atoms in total. The summed E-state index contributed by atoms with van der Waals surface area (Å²) in [6, 6.07) is 4.19. The van der Waals surface area contributed by atoms with Crippen LogP contribution in [0.25, 0.3) is 5.82 Å². The molecule has 1 aromatic carbocycles. The van der Waals surface area contributed by atoms with E-state index in [1.807, 2.05) is 0 Å². The third-order valence-corrected chi connectivity index (χ3v) is 6.15. The number of carbonyl (C=O) groups excluding carboxylic acids is 2. The fraction of sp³-hybridized carbons (Fsp3) is 0.417. The summed E-state index contributed by atoms with van der Waals surface area (Å²) >= 11 is 0. The molecule has 2 aliphatic rings. The van der Waals surface area contributed by atoms with Gasteiger partial charge >= 0.3 is 6.36 Å². The second-order valence-corrected chi connectivity index (χ2v) is 9.19. The minimum Gasteiger partial charge on any atom is -0.406 e. The zero-order valence-corrected chi connectivity index (χ0v) is 20.1. The zero-order valence-electron chi connectivity index (χ0n) is 20.1. The first kappa shape index (κ1) is 24.7. The SMILES string of the molecule is Cc1nc(CNC(=O)c2cc(OC(F)(F)F)cc(C3CC3)c2)n(-c2cnc(C(=O)N(C)C3CC3)cn2)n1. The molecule has 0 unspecified atom stereocenters. The van der Waals surface area contributed by atoms with Gasteiger partial charge in [-0.15, -0.1) is 18.3 Å². The van der Waals surface area contributed by atoms with Crippen LogP contribution in [0.4, 0.5) is 13.2 Å². The number of hydrogen-bond acceptors (Lipinski definition) is 7. The molecule has 0 saturated heterocycles. The predicted molar refractivity (Wildman–Crippen MR) is 123 cm³/mol. The number of nitrogens with zero attached hydrogens (tertiary/aromatic N) is 6. The summed E-state index contributed by atoms with van der Waals surface area (Å²) in [6.45, 7) is 1.59. The van der Waals surface area contributed by atoms with E-state index in [9.17, 15) is 22.8 Å². The van der Waals surface area contributed by atoms with Crippen molar-refractivity contribution in [1.29, 1.82) is 0 Å². The summed E-state index contributed by atoms with van der Waals surface area (Å²) in [4.78, 5) is 39.8. The molecule has 2 amide bonds. The van der Waals surface area contributed by atoms with Crippen molar-refractivity contribution in [2.24, 2.45) is 0 Å². The Morgan fingerprint density at radius 2 is 1.89 bits per heavy atom. The Kier molecular flexibility index (Phi) is 6.30. The highest BCUT2D eigenvalue weighted by molar-refractivity contribution is 5.95. The van der Waals surface area contributed by atoms with Gasteiger partial charge in [0.1, 0.15) is 17.3 Å². The maximum Gasteiger partial charge on any atom is 0.573 e. The number of halogens is 3. The van der Waals surface area contributed by atoms with Gasteiger partial charge in [-0.1, -0.05) is 0 Å². The van der Waals surface area contributed by atoms with Crippen molar-refractivity contribution in [1.82, 2.24) is 34.9 Å². The smallest absolute Gasteiger partial charge is 0.406 e. The van der Waals surface area contributed by atoms with Gasteiger partial charge in [-0.05, 0) is 62.3 Å². The Labute approximate surface area is 209 Å². The number of ether oxygens (including phenoxy) is 1. The van der Waals surface area contributed by atoms with E-state index in [-0.39, 0.29) is 35.7 Å². The highest BCUT2D eigenvalue weighted by atomic mass is 19.4. The van der Waals surface area contributed by atoms with Crippen LogP contribution < -0.4 is 10.1 Å². The minimum atomic E-state index is -4.86. The van der Waals surface area contributed by atoms with Crippen LogP contribution in [-0.4, -0.2) is 60.9 Å². The first-order valence-electron chi connectivity index (χ1n) is 11.8. The number of hydrogen-bond donors (Lipinski definition) is 1. The lowest BCUT2D eigenvalue weighted by Crippen LogP contribution is -2.29. The molecule has 1 N–H and O–H groups in total. The van der Waals surface area contributed by atoms with Crippen molar-refractivity contribution in [2.75, 3.05) is 7.05 Å². The largest absolute Gasteiger partial charge is 0.573 e. The van der Waals surface area contributed by atoms with Gasteiger partial charge in [-0.3, -0.25) is 9.59 Å². The lowest BCUT2D eigenvalue weighted by atomic mass is 10.1. The van der Waals surface area contributed by atoms with Crippen molar-refractivity contribution in [3.05, 3.63) is 59.1 Å². The fourth-order valence-electron chi connectivity index (χ4n) is 3.97. The minimum absolute atomic E-state index is 0.0499. The molecular formula is C24H24F3N7O3. The van der Waals surface area contributed by atoms with Crippen LogP contribution in [0, 0.1) is 6.92 Å². The number of carbonyl (C=O) groups is 2. The number of rotatable bonds is 8. The van der Waals surface area contributed by atoms with Crippen LogP contribution >= 0.6 is 0 Å². The normalized spacial score (nSPS) is 15.4. The maximum atomic E-state index is 12.9. The molecule has 2 heterocycles. The second-order valence-electron chi connectivity index (χ2n) is 9.19. The molecule has 5 rings (SSSR count). The van der Waals surface area contributed by atoms with E-state index in [4.69, 9.17) is 0 Å². The van der Waals surface area contributed by atoms with Crippen LogP contribution in [0.15, 0.2) is 30.6 Å². The Hall–Kier alpha value is -4.03. The topological polar surface area (TPSA) is 115 Å². The summed E-state index contributed by atoms with van der Waals surface area (Å²) in [7, 11) is 1.73. The van der Waals surface area contributed by atoms with Crippen LogP contribution in [0.2, 0.25) is 0 Å². The molecular weight excluding hydrogens is 491 g/mol. The van der Waals surface area contributed by atoms with Gasteiger partial charge in [0.2, 0.25) is 0 Å². The molecule has 2 saturated carbocycles. The Bertz CT molecular complexity index is 1330. The van der Waals surface area contributed by atoms with E-state index in [1.165, 1.54) is 23.1 Å². The van der Waals surface area contributed by atoms with Gasteiger partial charge in [0.15, 0.2) is 11.6 Å². The average Bonchev–Trinajstić information content (AvgIpc) is 3.77. The standard InChI is InChI=1S/C24H24F3N7O3/c1-13-31-21(34(32-13)20-11-28-19(10-29-20)23(36)33(2)17-5-6-17)12-30-22(35)16-7-15(14-3-4-14)8-18(9-16)37-24(25,26)27/h7-11,14,17H,3-6,12H2,1-2H3,(H,30,35). The molecule has 37 heavy (non-hydrogen) atoms. The Morgan fingerprint density at radius 1 is 1.14 bits per heavy atom. The van der Waals surface area contributed by atoms with Gasteiger partial charge in [-0.2, -0.15) is 4.68 Å². The van der Waals surface area contributed by atoms with Gasteiger partial charge < -0.3 is 15.0 Å². The van der Waals surface area contributed by atoms with E-state index >= 15 is 0 Å². The first-order valence-corrected chi connectivity index (χ1v) is 11.8. The quantitative estimate of drug-likeness (QED) is 0.490. The van der Waals surface area contributed by atoms with Crippen molar-refractivity contribution >= 4 is 11.8 Å². The molecule has 13 heteroatoms. The highest BCUT2D eigenvalue weighted by Crippen LogP contribution is 2.42. The molecule has 2 aliphatic carbocycles. The summed E-state index contributed by atoms with van der Waals surface area (Å²) in [5, 5.41) is 6.96. The van der Waals surface area contributed by atoms with Crippen LogP contribution in [-0.2, 0) is 6.54 Å². The average molecular weight is 515 g/mol. The summed E-state index contributed by atoms with van der Waals surface area (Å²) in [5.41, 5.74) is 0.884. The Morgan fingerprint density at radius 3 is 2.51 bits per heavy atom. The maximum absolute atomic E-state index is 12.9. The number of aromatic nitrogens is 5. The summed E-state index contributed by atoms with van der Waals surface area (Å²) < 4.78 is 43.8. The van der Waals surface area contributed by atoms with Crippen molar-refractivity contribution in [3.63, 3.8) is 0 Å². The van der Waals surface area contributed by atoms with Crippen LogP contribution in [0.5, 0.6) is 5.75 Å². The van der Waals surface area contributed by atoms with Gasteiger partial charge in [0.05, 0.1) is 18.9 Å². The summed E-state index contributed by atoms with van der Waals surface area (Å²) in [5.74, 6) is -0.0735. The third kappa shape index (κ3) is 5.87. The van der Waals surface area contributed by atoms with Crippen LogP contribution in [0.3, 0.4) is 0 Å². The number of nitrogens with one attached hydrogen (secondary N) is 1. The molecule has 0 radical (unpaired) electrons. The second kappa shape index (κ2) is 9.45. The zero-order chi connectivity index (χ0) is 26.3. The van der Waals surface area contributed by atoms with E-state index in [0.29, 0.717) is 23.0 Å². The number of alkyl halides is 3. The number of amides is 2. The third-order valence-electron chi connectivity index (χ3n) is 6.15. The molecule has 3 aromatic rings.